The fourth-order valence-corrected chi connectivity index (χ4v) is 4.49. The molecule has 2 heterocycles. The third-order valence-electron chi connectivity index (χ3n) is 6.39. The first kappa shape index (κ1) is 24.2. The highest BCUT2D eigenvalue weighted by Crippen LogP contribution is 2.37. The van der Waals surface area contributed by atoms with E-state index in [1.54, 1.807) is 17.0 Å². The Labute approximate surface area is 213 Å². The number of oxazole rings is 1. The van der Waals surface area contributed by atoms with Crippen molar-refractivity contribution >= 4 is 17.5 Å². The number of fused-ring (bicyclic) bond motifs is 1. The third kappa shape index (κ3) is 5.38. The van der Waals surface area contributed by atoms with Crippen molar-refractivity contribution in [3.63, 3.8) is 0 Å². The number of amides is 2. The number of nitrogens with one attached hydrogen (secondary N) is 1. The predicted molar refractivity (Wildman–Crippen MR) is 136 cm³/mol. The zero-order valence-corrected chi connectivity index (χ0v) is 20.5. The van der Waals surface area contributed by atoms with Gasteiger partial charge in [-0.05, 0) is 66.4 Å². The Morgan fingerprint density at radius 1 is 1.11 bits per heavy atom. The largest absolute Gasteiger partial charge is 0.484 e. The monoisotopic (exact) mass is 499 g/mol. The maximum absolute atomic E-state index is 13.6. The van der Waals surface area contributed by atoms with Crippen LogP contribution in [0.5, 0.6) is 5.75 Å². The number of ether oxygens (including phenoxy) is 1. The molecule has 0 fully saturated rings. The Kier molecular flexibility index (Phi) is 6.72. The second kappa shape index (κ2) is 10.3. The highest BCUT2D eigenvalue weighted by molar-refractivity contribution is 6.02. The van der Waals surface area contributed by atoms with E-state index in [9.17, 15) is 14.0 Å². The normalized spacial score (nSPS) is 14.7. The van der Waals surface area contributed by atoms with E-state index in [0.717, 1.165) is 22.3 Å². The van der Waals surface area contributed by atoms with Gasteiger partial charge in [0, 0.05) is 19.2 Å². The smallest absolute Gasteiger partial charge is 0.277 e. The minimum absolute atomic E-state index is 0.0221. The molecule has 1 unspecified atom stereocenters. The lowest BCUT2D eigenvalue weighted by atomic mass is 9.88. The lowest BCUT2D eigenvalue weighted by Gasteiger charge is -2.37. The van der Waals surface area contributed by atoms with E-state index < -0.39 is 0 Å². The molecule has 2 amide bonds. The quantitative estimate of drug-likeness (QED) is 0.382. The molecule has 1 aromatic heterocycles. The first-order valence-electron chi connectivity index (χ1n) is 12.0. The topological polar surface area (TPSA) is 84.7 Å². The molecule has 188 valence electrons. The van der Waals surface area contributed by atoms with Crippen molar-refractivity contribution in [1.29, 1.82) is 0 Å². The summed E-state index contributed by atoms with van der Waals surface area (Å²) < 4.78 is 24.9. The molecule has 0 radical (unpaired) electrons. The molecule has 0 saturated carbocycles. The number of hydrogen-bond acceptors (Lipinski definition) is 5. The van der Waals surface area contributed by atoms with Gasteiger partial charge in [-0.25, -0.2) is 9.37 Å². The van der Waals surface area contributed by atoms with Crippen molar-refractivity contribution < 1.29 is 23.1 Å². The van der Waals surface area contributed by atoms with E-state index in [4.69, 9.17) is 9.15 Å². The van der Waals surface area contributed by atoms with Crippen LogP contribution < -0.4 is 10.1 Å². The average Bonchev–Trinajstić information content (AvgIpc) is 3.38. The second-order valence-electron chi connectivity index (χ2n) is 9.01. The Morgan fingerprint density at radius 2 is 1.86 bits per heavy atom. The summed E-state index contributed by atoms with van der Waals surface area (Å²) in [6.07, 6.45) is 2.01. The van der Waals surface area contributed by atoms with Gasteiger partial charge in [0.25, 0.3) is 5.91 Å². The first-order chi connectivity index (χ1) is 17.9. The molecular formula is C29H26FN3O4. The number of nitrogens with zero attached hydrogens (tertiary/aromatic N) is 2. The van der Waals surface area contributed by atoms with Crippen molar-refractivity contribution in [2.75, 3.05) is 11.9 Å². The fraction of sp³-hybridized carbons (Fsp3) is 0.207. The van der Waals surface area contributed by atoms with Crippen molar-refractivity contribution in [1.82, 2.24) is 9.88 Å². The number of carbonyl (C=O) groups excluding carboxylic acids is 2. The van der Waals surface area contributed by atoms with Crippen LogP contribution in [0.2, 0.25) is 0 Å². The van der Waals surface area contributed by atoms with Crippen LogP contribution in [0.25, 0.3) is 0 Å². The number of hydrogen-bond donors (Lipinski definition) is 1. The summed E-state index contributed by atoms with van der Waals surface area (Å²) in [6, 6.07) is 19.1. The second-order valence-corrected chi connectivity index (χ2v) is 9.01. The lowest BCUT2D eigenvalue weighted by Crippen LogP contribution is -2.39. The summed E-state index contributed by atoms with van der Waals surface area (Å²) in [7, 11) is 0. The number of rotatable bonds is 6. The maximum Gasteiger partial charge on any atom is 0.277 e. The molecule has 0 spiro atoms. The number of aromatic nitrogens is 1. The van der Waals surface area contributed by atoms with Gasteiger partial charge in [-0.15, -0.1) is 0 Å². The van der Waals surface area contributed by atoms with Crippen molar-refractivity contribution in [2.24, 2.45) is 0 Å². The number of benzene rings is 3. The van der Waals surface area contributed by atoms with Crippen LogP contribution in [0, 0.1) is 12.7 Å². The van der Waals surface area contributed by atoms with E-state index in [1.165, 1.54) is 25.3 Å². The molecule has 0 aliphatic carbocycles. The van der Waals surface area contributed by atoms with E-state index in [0.29, 0.717) is 24.4 Å². The molecule has 1 N–H and O–H groups in total. The Hall–Kier alpha value is -4.46. The highest BCUT2D eigenvalue weighted by atomic mass is 19.1. The van der Waals surface area contributed by atoms with Gasteiger partial charge in [-0.2, -0.15) is 0 Å². The summed E-state index contributed by atoms with van der Waals surface area (Å²) in [5, 5.41) is 2.79. The predicted octanol–water partition coefficient (Wildman–Crippen LogP) is 5.45. The van der Waals surface area contributed by atoms with Crippen LogP contribution in [0.15, 0.2) is 77.4 Å². The summed E-state index contributed by atoms with van der Waals surface area (Å²) >= 11 is 0. The van der Waals surface area contributed by atoms with E-state index in [-0.39, 0.29) is 41.9 Å². The van der Waals surface area contributed by atoms with Gasteiger partial charge >= 0.3 is 0 Å². The summed E-state index contributed by atoms with van der Waals surface area (Å²) in [5.74, 6) is 0.0677. The van der Waals surface area contributed by atoms with Gasteiger partial charge in [0.1, 0.15) is 17.8 Å². The van der Waals surface area contributed by atoms with Crippen LogP contribution in [0.1, 0.15) is 51.6 Å². The molecule has 1 aliphatic heterocycles. The SMILES string of the molecule is CC(=O)N1CCc2ccc(OCc3nc(C(=O)Nc4ccc(C)cc4)co3)cc2C1c1ccc(F)cc1. The molecule has 8 heteroatoms. The Bertz CT molecular complexity index is 1430. The minimum Gasteiger partial charge on any atom is -0.484 e. The number of anilines is 1. The average molecular weight is 500 g/mol. The van der Waals surface area contributed by atoms with Gasteiger partial charge in [0.05, 0.1) is 6.04 Å². The van der Waals surface area contributed by atoms with Crippen molar-refractivity contribution in [2.45, 2.75) is 32.9 Å². The van der Waals surface area contributed by atoms with Crippen LogP contribution in [0.3, 0.4) is 0 Å². The molecule has 3 aromatic carbocycles. The van der Waals surface area contributed by atoms with Crippen molar-refractivity contribution in [3.8, 4) is 5.75 Å². The van der Waals surface area contributed by atoms with Gasteiger partial charge in [0.2, 0.25) is 11.8 Å². The minimum atomic E-state index is -0.376. The zero-order valence-electron chi connectivity index (χ0n) is 20.5. The molecule has 1 aliphatic rings. The Morgan fingerprint density at radius 3 is 2.59 bits per heavy atom. The first-order valence-corrected chi connectivity index (χ1v) is 12.0. The summed E-state index contributed by atoms with van der Waals surface area (Å²) in [6.45, 7) is 4.11. The van der Waals surface area contributed by atoms with Gasteiger partial charge in [0.15, 0.2) is 12.3 Å². The summed E-state index contributed by atoms with van der Waals surface area (Å²) in [5.41, 5.74) is 4.77. The van der Waals surface area contributed by atoms with Gasteiger partial charge in [-0.3, -0.25) is 9.59 Å². The summed E-state index contributed by atoms with van der Waals surface area (Å²) in [4.78, 5) is 30.9. The lowest BCUT2D eigenvalue weighted by molar-refractivity contribution is -0.130. The molecule has 7 nitrogen and oxygen atoms in total. The molecule has 4 aromatic rings. The highest BCUT2D eigenvalue weighted by Gasteiger charge is 2.31. The van der Waals surface area contributed by atoms with Crippen LogP contribution >= 0.6 is 0 Å². The molecule has 1 atom stereocenters. The number of halogens is 1. The third-order valence-corrected chi connectivity index (χ3v) is 6.39. The van der Waals surface area contributed by atoms with E-state index in [2.05, 4.69) is 10.3 Å². The van der Waals surface area contributed by atoms with Gasteiger partial charge in [-0.1, -0.05) is 35.9 Å². The molecule has 0 bridgehead atoms. The van der Waals surface area contributed by atoms with Crippen LogP contribution in [0.4, 0.5) is 10.1 Å². The van der Waals surface area contributed by atoms with Crippen LogP contribution in [-0.4, -0.2) is 28.2 Å². The van der Waals surface area contributed by atoms with Crippen molar-refractivity contribution in [3.05, 3.63) is 113 Å². The zero-order chi connectivity index (χ0) is 25.9. The maximum atomic E-state index is 13.6. The van der Waals surface area contributed by atoms with Crippen LogP contribution in [-0.2, 0) is 17.8 Å². The fourth-order valence-electron chi connectivity index (χ4n) is 4.49. The molecule has 5 rings (SSSR count). The number of carbonyl (C=O) groups is 2. The molecule has 37 heavy (non-hydrogen) atoms. The molecular weight excluding hydrogens is 473 g/mol. The van der Waals surface area contributed by atoms with E-state index >= 15 is 0 Å². The Balaban J connectivity index is 1.31. The van der Waals surface area contributed by atoms with E-state index in [1.807, 2.05) is 49.4 Å². The number of aryl methyl sites for hydroxylation is 1. The standard InChI is InChI=1S/C29H26FN3O4/c1-18-3-10-23(11-4-18)31-29(35)26-16-37-27(32-26)17-36-24-12-7-20-13-14-33(19(2)34)28(25(20)15-24)21-5-8-22(30)9-6-21/h3-12,15-16,28H,13-14,17H2,1-2H3,(H,31,35). The molecule has 0 saturated heterocycles. The van der Waals surface area contributed by atoms with Gasteiger partial charge < -0.3 is 19.4 Å².